The van der Waals surface area contributed by atoms with Gasteiger partial charge in [-0.3, -0.25) is 4.79 Å². The average molecular weight is 243 g/mol. The summed E-state index contributed by atoms with van der Waals surface area (Å²) < 4.78 is 5.34. The van der Waals surface area contributed by atoms with Crippen LogP contribution in [0.1, 0.15) is 28.4 Å². The summed E-state index contributed by atoms with van der Waals surface area (Å²) in [4.78, 5) is 22.3. The summed E-state index contributed by atoms with van der Waals surface area (Å²) in [6, 6.07) is 3.78. The van der Waals surface area contributed by atoms with Crippen molar-refractivity contribution in [3.05, 3.63) is 41.7 Å². The zero-order valence-electron chi connectivity index (χ0n) is 10.1. The smallest absolute Gasteiger partial charge is 0.169 e. The van der Waals surface area contributed by atoms with Crippen molar-refractivity contribution in [1.82, 2.24) is 9.97 Å². The fourth-order valence-electron chi connectivity index (χ4n) is 2.12. The summed E-state index contributed by atoms with van der Waals surface area (Å²) in [5, 5.41) is 0. The van der Waals surface area contributed by atoms with Crippen LogP contribution < -0.4 is 4.90 Å². The monoisotopic (exact) mass is 243 g/mol. The average Bonchev–Trinajstić information content (AvgIpc) is 2.86. The molecule has 1 aliphatic rings. The normalized spacial score (nSPS) is 14.7. The Morgan fingerprint density at radius 3 is 3.17 bits per heavy atom. The zero-order valence-corrected chi connectivity index (χ0v) is 10.1. The van der Waals surface area contributed by atoms with E-state index < -0.39 is 0 Å². The summed E-state index contributed by atoms with van der Waals surface area (Å²) in [7, 11) is 0. The molecule has 92 valence electrons. The predicted octanol–water partition coefficient (Wildman–Crippen LogP) is 1.97. The van der Waals surface area contributed by atoms with Gasteiger partial charge in [-0.05, 0) is 19.1 Å². The lowest BCUT2D eigenvalue weighted by Gasteiger charge is -2.28. The topological polar surface area (TPSA) is 59.2 Å². The van der Waals surface area contributed by atoms with E-state index in [4.69, 9.17) is 4.42 Å². The lowest BCUT2D eigenvalue weighted by molar-refractivity contribution is 0.0978. The minimum atomic E-state index is 0.112. The first kappa shape index (κ1) is 11.0. The Bertz CT molecular complexity index is 578. The molecule has 0 N–H and O–H groups in total. The number of furan rings is 1. The van der Waals surface area contributed by atoms with Crippen LogP contribution in [0.25, 0.3) is 0 Å². The molecule has 0 aromatic carbocycles. The maximum atomic E-state index is 11.8. The highest BCUT2D eigenvalue weighted by atomic mass is 16.3. The van der Waals surface area contributed by atoms with Gasteiger partial charge in [-0.15, -0.1) is 0 Å². The molecule has 2 aromatic rings. The highest BCUT2D eigenvalue weighted by Gasteiger charge is 2.25. The van der Waals surface area contributed by atoms with E-state index in [1.54, 1.807) is 12.5 Å². The molecule has 0 bridgehead atoms. The van der Waals surface area contributed by atoms with Crippen LogP contribution in [-0.4, -0.2) is 22.3 Å². The summed E-state index contributed by atoms with van der Waals surface area (Å²) in [6.45, 7) is 3.12. The number of Topliss-reactive ketones (excluding diaryl/α,β-unsaturated/α-hetero) is 1. The SMILES string of the molecule is Cc1ncc2c(n1)N(Cc1ccco1)CCC2=O. The van der Waals surface area contributed by atoms with Gasteiger partial charge in [-0.1, -0.05) is 0 Å². The fourth-order valence-corrected chi connectivity index (χ4v) is 2.12. The summed E-state index contributed by atoms with van der Waals surface area (Å²) in [5.41, 5.74) is 0.610. The van der Waals surface area contributed by atoms with Crippen LogP contribution in [0, 0.1) is 6.92 Å². The van der Waals surface area contributed by atoms with Gasteiger partial charge in [-0.25, -0.2) is 9.97 Å². The molecular weight excluding hydrogens is 230 g/mol. The second-order valence-corrected chi connectivity index (χ2v) is 4.33. The van der Waals surface area contributed by atoms with E-state index in [1.807, 2.05) is 19.1 Å². The minimum Gasteiger partial charge on any atom is -0.467 e. The highest BCUT2D eigenvalue weighted by molar-refractivity contribution is 6.02. The van der Waals surface area contributed by atoms with Gasteiger partial charge in [0.15, 0.2) is 5.78 Å². The van der Waals surface area contributed by atoms with Crippen LogP contribution in [0.2, 0.25) is 0 Å². The van der Waals surface area contributed by atoms with Crippen molar-refractivity contribution in [3.8, 4) is 0 Å². The number of carbonyl (C=O) groups is 1. The van der Waals surface area contributed by atoms with E-state index in [1.165, 1.54) is 0 Å². The number of carbonyl (C=O) groups excluding carboxylic acids is 1. The Kier molecular flexibility index (Phi) is 2.59. The second-order valence-electron chi connectivity index (χ2n) is 4.33. The standard InChI is InChI=1S/C13H13N3O2/c1-9-14-7-11-12(17)4-5-16(13(11)15-9)8-10-3-2-6-18-10/h2-3,6-7H,4-5,8H2,1H3. The number of hydrogen-bond donors (Lipinski definition) is 0. The third-order valence-corrected chi connectivity index (χ3v) is 3.02. The maximum absolute atomic E-state index is 11.8. The summed E-state index contributed by atoms with van der Waals surface area (Å²) in [6.07, 6.45) is 3.77. The van der Waals surface area contributed by atoms with Gasteiger partial charge in [0.25, 0.3) is 0 Å². The number of ketones is 1. The molecule has 3 rings (SSSR count). The third-order valence-electron chi connectivity index (χ3n) is 3.02. The molecule has 5 heteroatoms. The van der Waals surface area contributed by atoms with Crippen molar-refractivity contribution in [3.63, 3.8) is 0 Å². The Hall–Kier alpha value is -2.17. The first-order chi connectivity index (χ1) is 8.74. The van der Waals surface area contributed by atoms with Gasteiger partial charge in [0, 0.05) is 19.2 Å². The second kappa shape index (κ2) is 4.25. The number of hydrogen-bond acceptors (Lipinski definition) is 5. The molecule has 0 unspecified atom stereocenters. The van der Waals surface area contributed by atoms with Crippen molar-refractivity contribution >= 4 is 11.6 Å². The van der Waals surface area contributed by atoms with Crippen molar-refractivity contribution in [1.29, 1.82) is 0 Å². The van der Waals surface area contributed by atoms with Crippen molar-refractivity contribution < 1.29 is 9.21 Å². The molecular formula is C13H13N3O2. The molecule has 0 spiro atoms. The molecule has 0 aliphatic carbocycles. The van der Waals surface area contributed by atoms with Gasteiger partial charge < -0.3 is 9.32 Å². The molecule has 0 radical (unpaired) electrons. The lowest BCUT2D eigenvalue weighted by atomic mass is 10.1. The molecule has 3 heterocycles. The highest BCUT2D eigenvalue weighted by Crippen LogP contribution is 2.25. The van der Waals surface area contributed by atoms with Crippen LogP contribution in [0.4, 0.5) is 5.82 Å². The molecule has 2 aromatic heterocycles. The zero-order chi connectivity index (χ0) is 12.5. The van der Waals surface area contributed by atoms with Crippen LogP contribution in [-0.2, 0) is 6.54 Å². The van der Waals surface area contributed by atoms with Crippen molar-refractivity contribution in [2.24, 2.45) is 0 Å². The molecule has 0 amide bonds. The molecule has 5 nitrogen and oxygen atoms in total. The van der Waals surface area contributed by atoms with Crippen LogP contribution in [0.5, 0.6) is 0 Å². The van der Waals surface area contributed by atoms with Crippen LogP contribution >= 0.6 is 0 Å². The third kappa shape index (κ3) is 1.88. The Morgan fingerprint density at radius 2 is 2.39 bits per heavy atom. The predicted molar refractivity (Wildman–Crippen MR) is 65.5 cm³/mol. The van der Waals surface area contributed by atoms with Gasteiger partial charge in [0.2, 0.25) is 0 Å². The first-order valence-electron chi connectivity index (χ1n) is 5.88. The molecule has 1 aliphatic heterocycles. The van der Waals surface area contributed by atoms with Crippen molar-refractivity contribution in [2.45, 2.75) is 19.9 Å². The van der Waals surface area contributed by atoms with Crippen molar-refractivity contribution in [2.75, 3.05) is 11.4 Å². The molecule has 0 saturated carbocycles. The van der Waals surface area contributed by atoms with E-state index >= 15 is 0 Å². The van der Waals surface area contributed by atoms with E-state index in [9.17, 15) is 4.79 Å². The van der Waals surface area contributed by atoms with Gasteiger partial charge in [-0.2, -0.15) is 0 Å². The van der Waals surface area contributed by atoms with Gasteiger partial charge in [0.05, 0.1) is 18.4 Å². The van der Waals surface area contributed by atoms with E-state index in [0.717, 1.165) is 11.6 Å². The maximum Gasteiger partial charge on any atom is 0.169 e. The Morgan fingerprint density at radius 1 is 1.50 bits per heavy atom. The summed E-state index contributed by atoms with van der Waals surface area (Å²) in [5.74, 6) is 2.37. The van der Waals surface area contributed by atoms with Gasteiger partial charge in [0.1, 0.15) is 17.4 Å². The summed E-state index contributed by atoms with van der Waals surface area (Å²) >= 11 is 0. The number of aromatic nitrogens is 2. The minimum absolute atomic E-state index is 0.112. The first-order valence-corrected chi connectivity index (χ1v) is 5.88. The molecule has 0 saturated heterocycles. The number of fused-ring (bicyclic) bond motifs is 1. The van der Waals surface area contributed by atoms with E-state index in [2.05, 4.69) is 14.9 Å². The fraction of sp³-hybridized carbons (Fsp3) is 0.308. The van der Waals surface area contributed by atoms with E-state index in [0.29, 0.717) is 30.9 Å². The molecule has 18 heavy (non-hydrogen) atoms. The van der Waals surface area contributed by atoms with Crippen LogP contribution in [0.3, 0.4) is 0 Å². The largest absolute Gasteiger partial charge is 0.467 e. The quantitative estimate of drug-likeness (QED) is 0.807. The Labute approximate surface area is 104 Å². The Balaban J connectivity index is 1.96. The lowest BCUT2D eigenvalue weighted by Crippen LogP contribution is -2.32. The number of nitrogens with zero attached hydrogens (tertiary/aromatic N) is 3. The number of aryl methyl sites for hydroxylation is 1. The van der Waals surface area contributed by atoms with Gasteiger partial charge >= 0.3 is 0 Å². The molecule has 0 atom stereocenters. The molecule has 0 fully saturated rings. The van der Waals surface area contributed by atoms with Crippen LogP contribution in [0.15, 0.2) is 29.0 Å². The number of anilines is 1. The number of rotatable bonds is 2. The van der Waals surface area contributed by atoms with E-state index in [-0.39, 0.29) is 5.78 Å².